The van der Waals surface area contributed by atoms with Crippen molar-refractivity contribution in [2.45, 2.75) is 6.92 Å². The van der Waals surface area contributed by atoms with Gasteiger partial charge in [-0.25, -0.2) is 0 Å². The summed E-state index contributed by atoms with van der Waals surface area (Å²) in [7, 11) is 3.91. The van der Waals surface area contributed by atoms with Gasteiger partial charge in [0, 0.05) is 31.2 Å². The zero-order valence-corrected chi connectivity index (χ0v) is 11.0. The summed E-state index contributed by atoms with van der Waals surface area (Å²) in [6.45, 7) is 2.50. The van der Waals surface area contributed by atoms with Crippen LogP contribution in [0.25, 0.3) is 10.9 Å². The molecule has 4 heteroatoms. The number of hydrogen-bond donors (Lipinski definition) is 0. The Morgan fingerprint density at radius 3 is 2.83 bits per heavy atom. The van der Waals surface area contributed by atoms with Gasteiger partial charge in [0.05, 0.1) is 12.3 Å². The van der Waals surface area contributed by atoms with Gasteiger partial charge in [0.25, 0.3) is 0 Å². The van der Waals surface area contributed by atoms with Gasteiger partial charge < -0.3 is 14.2 Å². The van der Waals surface area contributed by atoms with Crippen LogP contribution in [0.3, 0.4) is 0 Å². The van der Waals surface area contributed by atoms with E-state index in [1.54, 1.807) is 0 Å². The first-order valence-electron chi connectivity index (χ1n) is 6.04. The Hall–Kier alpha value is -1.97. The van der Waals surface area contributed by atoms with Crippen molar-refractivity contribution in [2.24, 2.45) is 7.05 Å². The number of rotatable bonds is 4. The second-order valence-electron chi connectivity index (χ2n) is 4.30. The fourth-order valence-electron chi connectivity index (χ4n) is 2.11. The minimum Gasteiger partial charge on any atom is -0.465 e. The molecule has 0 saturated carbocycles. The zero-order chi connectivity index (χ0) is 13.1. The van der Waals surface area contributed by atoms with Crippen LogP contribution in [0.1, 0.15) is 6.92 Å². The van der Waals surface area contributed by atoms with Crippen LogP contribution < -0.4 is 4.90 Å². The number of carbonyl (C=O) groups is 1. The molecule has 2 aromatic rings. The second-order valence-corrected chi connectivity index (χ2v) is 4.30. The quantitative estimate of drug-likeness (QED) is 0.775. The van der Waals surface area contributed by atoms with Crippen LogP contribution in [-0.2, 0) is 16.6 Å². The third-order valence-electron chi connectivity index (χ3n) is 2.96. The van der Waals surface area contributed by atoms with Gasteiger partial charge in [-0.15, -0.1) is 0 Å². The molecule has 4 nitrogen and oxygen atoms in total. The molecule has 0 atom stereocenters. The lowest BCUT2D eigenvalue weighted by atomic mass is 10.2. The van der Waals surface area contributed by atoms with E-state index in [2.05, 4.69) is 16.7 Å². The third kappa shape index (κ3) is 2.32. The molecule has 0 spiro atoms. The predicted molar refractivity (Wildman–Crippen MR) is 72.8 cm³/mol. The van der Waals surface area contributed by atoms with Gasteiger partial charge in [-0.2, -0.15) is 0 Å². The Bertz CT molecular complexity index is 560. The van der Waals surface area contributed by atoms with Crippen molar-refractivity contribution in [2.75, 3.05) is 25.1 Å². The van der Waals surface area contributed by atoms with Gasteiger partial charge in [0.15, 0.2) is 0 Å². The maximum absolute atomic E-state index is 11.5. The van der Waals surface area contributed by atoms with Crippen molar-refractivity contribution in [3.05, 3.63) is 30.5 Å². The lowest BCUT2D eigenvalue weighted by molar-refractivity contribution is -0.141. The fraction of sp³-hybridized carbons (Fsp3) is 0.357. The number of aryl methyl sites for hydroxylation is 1. The highest BCUT2D eigenvalue weighted by Gasteiger charge is 2.13. The molecular formula is C14H18N2O2. The molecule has 0 aliphatic carbocycles. The standard InChI is InChI=1S/C14H18N2O2/c1-4-18-14(17)10-16(3)13-9-15(2)12-8-6-5-7-11(12)13/h5-9H,4,10H2,1-3H3. The maximum atomic E-state index is 11.5. The normalized spacial score (nSPS) is 10.6. The first-order chi connectivity index (χ1) is 8.63. The summed E-state index contributed by atoms with van der Waals surface area (Å²) in [4.78, 5) is 13.4. The molecule has 18 heavy (non-hydrogen) atoms. The number of aromatic nitrogens is 1. The fourth-order valence-corrected chi connectivity index (χ4v) is 2.11. The smallest absolute Gasteiger partial charge is 0.325 e. The van der Waals surface area contributed by atoms with E-state index < -0.39 is 0 Å². The maximum Gasteiger partial charge on any atom is 0.325 e. The summed E-state index contributed by atoms with van der Waals surface area (Å²) in [5.74, 6) is -0.201. The molecule has 0 saturated heterocycles. The van der Waals surface area contributed by atoms with Gasteiger partial charge in [-0.05, 0) is 13.0 Å². The minimum atomic E-state index is -0.201. The molecule has 0 aliphatic heterocycles. The van der Waals surface area contributed by atoms with E-state index in [4.69, 9.17) is 4.74 Å². The topological polar surface area (TPSA) is 34.5 Å². The monoisotopic (exact) mass is 246 g/mol. The van der Waals surface area contributed by atoms with Crippen molar-refractivity contribution in [1.29, 1.82) is 0 Å². The Morgan fingerprint density at radius 1 is 1.39 bits per heavy atom. The Labute approximate surface area is 107 Å². The average molecular weight is 246 g/mol. The summed E-state index contributed by atoms with van der Waals surface area (Å²) >= 11 is 0. The molecule has 0 fully saturated rings. The Kier molecular flexibility index (Phi) is 3.55. The van der Waals surface area contributed by atoms with Crippen LogP contribution in [0.15, 0.2) is 30.5 Å². The van der Waals surface area contributed by atoms with E-state index >= 15 is 0 Å². The minimum absolute atomic E-state index is 0.201. The van der Waals surface area contributed by atoms with Crippen molar-refractivity contribution < 1.29 is 9.53 Å². The van der Waals surface area contributed by atoms with Crippen molar-refractivity contribution in [1.82, 2.24) is 4.57 Å². The van der Waals surface area contributed by atoms with Crippen LogP contribution in [0, 0.1) is 0 Å². The SMILES string of the molecule is CCOC(=O)CN(C)c1cn(C)c2ccccc12. The number of nitrogens with zero attached hydrogens (tertiary/aromatic N) is 2. The van der Waals surface area contributed by atoms with Crippen LogP contribution in [0.4, 0.5) is 5.69 Å². The number of ether oxygens (including phenoxy) is 1. The van der Waals surface area contributed by atoms with E-state index in [0.717, 1.165) is 16.6 Å². The van der Waals surface area contributed by atoms with Crippen molar-refractivity contribution >= 4 is 22.6 Å². The van der Waals surface area contributed by atoms with Gasteiger partial charge in [0.1, 0.15) is 6.54 Å². The lowest BCUT2D eigenvalue weighted by Gasteiger charge is -2.16. The number of carbonyl (C=O) groups excluding carboxylic acids is 1. The third-order valence-corrected chi connectivity index (χ3v) is 2.96. The highest BCUT2D eigenvalue weighted by atomic mass is 16.5. The molecule has 0 bridgehead atoms. The molecule has 96 valence electrons. The van der Waals surface area contributed by atoms with Gasteiger partial charge >= 0.3 is 5.97 Å². The molecule has 0 aliphatic rings. The number of anilines is 1. The van der Waals surface area contributed by atoms with E-state index in [-0.39, 0.29) is 12.5 Å². The van der Waals surface area contributed by atoms with E-state index in [0.29, 0.717) is 6.61 Å². The summed E-state index contributed by atoms with van der Waals surface area (Å²) in [5, 5.41) is 1.15. The number of esters is 1. The molecule has 2 rings (SSSR count). The van der Waals surface area contributed by atoms with Crippen LogP contribution >= 0.6 is 0 Å². The van der Waals surface area contributed by atoms with Gasteiger partial charge in [-0.3, -0.25) is 4.79 Å². The highest BCUT2D eigenvalue weighted by Crippen LogP contribution is 2.27. The van der Waals surface area contributed by atoms with Gasteiger partial charge in [-0.1, -0.05) is 18.2 Å². The van der Waals surface area contributed by atoms with Crippen LogP contribution in [0.2, 0.25) is 0 Å². The number of para-hydroxylation sites is 1. The van der Waals surface area contributed by atoms with Crippen molar-refractivity contribution in [3.8, 4) is 0 Å². The summed E-state index contributed by atoms with van der Waals surface area (Å²) in [5.41, 5.74) is 2.20. The highest BCUT2D eigenvalue weighted by molar-refractivity contribution is 5.94. The molecule has 0 radical (unpaired) electrons. The molecule has 1 heterocycles. The van der Waals surface area contributed by atoms with E-state index in [9.17, 15) is 4.79 Å². The summed E-state index contributed by atoms with van der Waals surface area (Å²) in [6, 6.07) is 8.14. The Morgan fingerprint density at radius 2 is 2.11 bits per heavy atom. The van der Waals surface area contributed by atoms with E-state index in [1.807, 2.05) is 44.2 Å². The van der Waals surface area contributed by atoms with Crippen LogP contribution in [-0.4, -0.2) is 30.7 Å². The second kappa shape index (κ2) is 5.12. The lowest BCUT2D eigenvalue weighted by Crippen LogP contribution is -2.26. The van der Waals surface area contributed by atoms with Gasteiger partial charge in [0.2, 0.25) is 0 Å². The zero-order valence-electron chi connectivity index (χ0n) is 11.0. The molecule has 0 unspecified atom stereocenters. The first-order valence-corrected chi connectivity index (χ1v) is 6.04. The summed E-state index contributed by atoms with van der Waals surface area (Å²) < 4.78 is 7.03. The number of likely N-dealkylation sites (N-methyl/N-ethyl adjacent to an activating group) is 1. The van der Waals surface area contributed by atoms with Crippen molar-refractivity contribution in [3.63, 3.8) is 0 Å². The first kappa shape index (κ1) is 12.5. The molecular weight excluding hydrogens is 228 g/mol. The average Bonchev–Trinajstić information content (AvgIpc) is 2.68. The predicted octanol–water partition coefficient (Wildman–Crippen LogP) is 2.18. The summed E-state index contributed by atoms with van der Waals surface area (Å²) in [6.07, 6.45) is 2.03. The number of fused-ring (bicyclic) bond motifs is 1. The van der Waals surface area contributed by atoms with Crippen LogP contribution in [0.5, 0.6) is 0 Å². The van der Waals surface area contributed by atoms with E-state index in [1.165, 1.54) is 0 Å². The number of benzene rings is 1. The molecule has 1 aromatic heterocycles. The largest absolute Gasteiger partial charge is 0.465 e. The Balaban J connectivity index is 2.28. The number of hydrogen-bond acceptors (Lipinski definition) is 3. The molecule has 1 aromatic carbocycles. The molecule has 0 N–H and O–H groups in total. The molecule has 0 amide bonds.